The number of hydrogen-bond donors (Lipinski definition) is 0. The van der Waals surface area contributed by atoms with Gasteiger partial charge in [0.2, 0.25) is 0 Å². The van der Waals surface area contributed by atoms with Crippen LogP contribution in [0.2, 0.25) is 0 Å². The van der Waals surface area contributed by atoms with Crippen LogP contribution >= 0.6 is 0 Å². The highest BCUT2D eigenvalue weighted by Crippen LogP contribution is 2.34. The van der Waals surface area contributed by atoms with Gasteiger partial charge in [-0.2, -0.15) is 26.3 Å². The first-order chi connectivity index (χ1) is 28.0. The summed E-state index contributed by atoms with van der Waals surface area (Å²) < 4.78 is 80.0. The fourth-order valence-corrected chi connectivity index (χ4v) is 6.57. The second-order valence-electron chi connectivity index (χ2n) is 13.6. The lowest BCUT2D eigenvalue weighted by molar-refractivity contribution is -0.138. The number of halogens is 6. The Balaban J connectivity index is 1.13. The molecule has 0 saturated carbocycles. The molecule has 0 aliphatic heterocycles. The average molecular weight is 775 g/mol. The molecule has 7 rings (SSSR count). The van der Waals surface area contributed by atoms with Gasteiger partial charge in [0, 0.05) is 0 Å². The fourth-order valence-electron chi connectivity index (χ4n) is 6.57. The molecule has 7 aromatic rings. The molecule has 6 heteroatoms. The summed E-state index contributed by atoms with van der Waals surface area (Å²) in [5, 5.41) is 0. The lowest BCUT2D eigenvalue weighted by Gasteiger charge is -2.12. The van der Waals surface area contributed by atoms with Crippen LogP contribution in [0.15, 0.2) is 182 Å². The van der Waals surface area contributed by atoms with Crippen molar-refractivity contribution in [3.05, 3.63) is 249 Å². The van der Waals surface area contributed by atoms with Crippen molar-refractivity contribution in [2.24, 2.45) is 0 Å². The van der Waals surface area contributed by atoms with Gasteiger partial charge >= 0.3 is 12.4 Å². The zero-order valence-corrected chi connectivity index (χ0v) is 31.1. The molecule has 0 nitrogen and oxygen atoms in total. The molecule has 0 heterocycles. The molecule has 0 saturated heterocycles. The van der Waals surface area contributed by atoms with Crippen molar-refractivity contribution in [3.63, 3.8) is 0 Å². The van der Waals surface area contributed by atoms with E-state index in [2.05, 4.69) is 0 Å². The van der Waals surface area contributed by atoms with Crippen molar-refractivity contribution in [3.8, 4) is 0 Å². The topological polar surface area (TPSA) is 0 Å². The van der Waals surface area contributed by atoms with Gasteiger partial charge in [0.1, 0.15) is 0 Å². The smallest absolute Gasteiger partial charge is 0.166 e. The first-order valence-corrected chi connectivity index (χ1v) is 18.6. The average Bonchev–Trinajstić information content (AvgIpc) is 3.24. The number of alkyl halides is 6. The molecule has 0 spiro atoms. The highest BCUT2D eigenvalue weighted by Gasteiger charge is 2.31. The summed E-state index contributed by atoms with van der Waals surface area (Å²) in [6, 6.07) is 53.5. The Morgan fingerprint density at radius 1 is 0.293 bits per heavy atom. The SMILES string of the molecule is FC(F)(F)c1ccc(/C(=C\c2ccccc2C=Cc2ccc(C=Cc3ccccc3/C=C(/c3ccccc3)c3ccc(C(F)(F)F)cc3)cc2)c2ccccc2)cc1. The van der Waals surface area contributed by atoms with E-state index in [4.69, 9.17) is 0 Å². The third-order valence-electron chi connectivity index (χ3n) is 9.65. The summed E-state index contributed by atoms with van der Waals surface area (Å²) in [5.41, 5.74) is 9.04. The molecule has 0 radical (unpaired) electrons. The summed E-state index contributed by atoms with van der Waals surface area (Å²) in [6.45, 7) is 0. The molecule has 0 fully saturated rings. The number of rotatable bonds is 10. The number of benzene rings is 7. The maximum absolute atomic E-state index is 13.3. The minimum Gasteiger partial charge on any atom is -0.166 e. The van der Waals surface area contributed by atoms with Crippen molar-refractivity contribution in [2.45, 2.75) is 12.4 Å². The molecule has 7 aromatic carbocycles. The molecular weight excluding hydrogens is 739 g/mol. The Kier molecular flexibility index (Phi) is 11.8. The first kappa shape index (κ1) is 39.3. The lowest BCUT2D eigenvalue weighted by atomic mass is 9.93. The summed E-state index contributed by atoms with van der Waals surface area (Å²) in [6.07, 6.45) is 3.27. The van der Waals surface area contributed by atoms with Gasteiger partial charge in [-0.3, -0.25) is 0 Å². The Hall–Kier alpha value is -6.92. The minimum absolute atomic E-state index is 0.677. The van der Waals surface area contributed by atoms with Gasteiger partial charge in [-0.05, 0) is 103 Å². The molecular formula is C52H36F6. The van der Waals surface area contributed by atoms with Crippen molar-refractivity contribution in [2.75, 3.05) is 0 Å². The second-order valence-corrected chi connectivity index (χ2v) is 13.6. The normalized spacial score (nSPS) is 12.7. The van der Waals surface area contributed by atoms with E-state index in [0.717, 1.165) is 79.9 Å². The summed E-state index contributed by atoms with van der Waals surface area (Å²) in [7, 11) is 0. The van der Waals surface area contributed by atoms with Crippen LogP contribution in [0.25, 0.3) is 47.6 Å². The van der Waals surface area contributed by atoms with Crippen LogP contribution in [0.4, 0.5) is 26.3 Å². The van der Waals surface area contributed by atoms with Crippen LogP contribution in [-0.4, -0.2) is 0 Å². The van der Waals surface area contributed by atoms with Gasteiger partial charge in [-0.1, -0.05) is 182 Å². The molecule has 286 valence electrons. The first-order valence-electron chi connectivity index (χ1n) is 18.6. The molecule has 0 bridgehead atoms. The zero-order valence-electron chi connectivity index (χ0n) is 31.1. The molecule has 0 aliphatic carbocycles. The fraction of sp³-hybridized carbons (Fsp3) is 0.0385. The second kappa shape index (κ2) is 17.5. The van der Waals surface area contributed by atoms with Crippen LogP contribution in [0.3, 0.4) is 0 Å². The molecule has 0 unspecified atom stereocenters. The highest BCUT2D eigenvalue weighted by molar-refractivity contribution is 5.94. The third-order valence-corrected chi connectivity index (χ3v) is 9.65. The van der Waals surface area contributed by atoms with Crippen LogP contribution in [0.1, 0.15) is 66.8 Å². The van der Waals surface area contributed by atoms with Gasteiger partial charge in [0.25, 0.3) is 0 Å². The molecule has 0 aromatic heterocycles. The van der Waals surface area contributed by atoms with E-state index in [-0.39, 0.29) is 0 Å². The molecule has 0 atom stereocenters. The molecule has 58 heavy (non-hydrogen) atoms. The largest absolute Gasteiger partial charge is 0.416 e. The summed E-state index contributed by atoms with van der Waals surface area (Å²) in [5.74, 6) is 0. The minimum atomic E-state index is -4.42. The maximum Gasteiger partial charge on any atom is 0.416 e. The standard InChI is InChI=1S/C52H36F6/c53-51(54,55)47-31-27-43(28-32-47)49(41-13-3-1-4-14-41)35-45-17-9-7-11-39(45)25-23-37-19-21-38(22-20-37)24-26-40-12-8-10-18-46(40)36-50(42-15-5-2-6-16-42)44-29-33-48(34-30-44)52(56,57)58/h1-36H/b25-23?,26-24?,49-35-,50-36-. The third kappa shape index (κ3) is 9.90. The Bertz CT molecular complexity index is 2390. The van der Waals surface area contributed by atoms with E-state index in [1.165, 1.54) is 24.3 Å². The Morgan fingerprint density at radius 2 is 0.586 bits per heavy atom. The van der Waals surface area contributed by atoms with Crippen LogP contribution in [0.5, 0.6) is 0 Å². The van der Waals surface area contributed by atoms with Gasteiger partial charge < -0.3 is 0 Å². The van der Waals surface area contributed by atoms with Gasteiger partial charge in [0.15, 0.2) is 0 Å². The van der Waals surface area contributed by atoms with Crippen molar-refractivity contribution in [1.29, 1.82) is 0 Å². The van der Waals surface area contributed by atoms with Gasteiger partial charge in [-0.15, -0.1) is 0 Å². The predicted molar refractivity (Wildman–Crippen MR) is 227 cm³/mol. The quantitative estimate of drug-likeness (QED) is 0.0959. The molecule has 0 aliphatic rings. The predicted octanol–water partition coefficient (Wildman–Crippen LogP) is 15.2. The Morgan fingerprint density at radius 3 is 0.914 bits per heavy atom. The number of hydrogen-bond acceptors (Lipinski definition) is 0. The van der Waals surface area contributed by atoms with E-state index < -0.39 is 23.5 Å². The van der Waals surface area contributed by atoms with E-state index in [1.54, 1.807) is 0 Å². The Labute approximate surface area is 334 Å². The zero-order chi connectivity index (χ0) is 40.5. The summed E-state index contributed by atoms with van der Waals surface area (Å²) in [4.78, 5) is 0. The van der Waals surface area contributed by atoms with E-state index in [9.17, 15) is 26.3 Å². The monoisotopic (exact) mass is 774 g/mol. The highest BCUT2D eigenvalue weighted by atomic mass is 19.4. The van der Waals surface area contributed by atoms with Crippen LogP contribution in [-0.2, 0) is 12.4 Å². The van der Waals surface area contributed by atoms with Crippen molar-refractivity contribution in [1.82, 2.24) is 0 Å². The van der Waals surface area contributed by atoms with Crippen LogP contribution < -0.4 is 0 Å². The van der Waals surface area contributed by atoms with Gasteiger partial charge in [0.05, 0.1) is 11.1 Å². The van der Waals surface area contributed by atoms with Crippen LogP contribution in [0, 0.1) is 0 Å². The summed E-state index contributed by atoms with van der Waals surface area (Å²) >= 11 is 0. The van der Waals surface area contributed by atoms with Gasteiger partial charge in [-0.25, -0.2) is 0 Å². The van der Waals surface area contributed by atoms with E-state index >= 15 is 0 Å². The lowest BCUT2D eigenvalue weighted by Crippen LogP contribution is -2.04. The van der Waals surface area contributed by atoms with Crippen molar-refractivity contribution < 1.29 is 26.3 Å². The maximum atomic E-state index is 13.3. The van der Waals surface area contributed by atoms with E-state index in [1.807, 2.05) is 170 Å². The molecule has 0 amide bonds. The van der Waals surface area contributed by atoms with E-state index in [0.29, 0.717) is 11.1 Å². The molecule has 0 N–H and O–H groups in total. The van der Waals surface area contributed by atoms with Crippen molar-refractivity contribution >= 4 is 47.6 Å².